The van der Waals surface area contributed by atoms with Crippen molar-refractivity contribution in [3.05, 3.63) is 50.2 Å². The van der Waals surface area contributed by atoms with Gasteiger partial charge >= 0.3 is 0 Å². The minimum Gasteiger partial charge on any atom is -0.488 e. The summed E-state index contributed by atoms with van der Waals surface area (Å²) in [5.74, 6) is 1.32. The highest BCUT2D eigenvalue weighted by Crippen LogP contribution is 2.32. The van der Waals surface area contributed by atoms with Crippen LogP contribution in [0.5, 0.6) is 5.75 Å². The van der Waals surface area contributed by atoms with E-state index in [4.69, 9.17) is 16.3 Å². The number of thiophene rings is 1. The maximum atomic E-state index is 6.29. The second-order valence-corrected chi connectivity index (χ2v) is 7.14. The van der Waals surface area contributed by atoms with Gasteiger partial charge in [0.05, 0.1) is 0 Å². The van der Waals surface area contributed by atoms with Gasteiger partial charge < -0.3 is 10.1 Å². The highest BCUT2D eigenvalue weighted by Gasteiger charge is 2.10. The van der Waals surface area contributed by atoms with Crippen LogP contribution in [0, 0.1) is 6.92 Å². The number of hydrogen-bond acceptors (Lipinski definition) is 3. The molecule has 0 saturated carbocycles. The van der Waals surface area contributed by atoms with E-state index >= 15 is 0 Å². The molecule has 0 amide bonds. The fourth-order valence-corrected chi connectivity index (χ4v) is 3.56. The summed E-state index contributed by atoms with van der Waals surface area (Å²) < 4.78 is 5.99. The van der Waals surface area contributed by atoms with E-state index in [0.717, 1.165) is 28.4 Å². The first kappa shape index (κ1) is 16.3. The van der Waals surface area contributed by atoms with Gasteiger partial charge in [-0.1, -0.05) is 25.4 Å². The molecular weight excluding hydrogens is 302 g/mol. The van der Waals surface area contributed by atoms with Gasteiger partial charge in [0.25, 0.3) is 0 Å². The van der Waals surface area contributed by atoms with Gasteiger partial charge in [0.2, 0.25) is 0 Å². The molecule has 1 aromatic heterocycles. The Morgan fingerprint density at radius 1 is 1.24 bits per heavy atom. The summed E-state index contributed by atoms with van der Waals surface area (Å²) in [6.45, 7) is 7.83. The van der Waals surface area contributed by atoms with Gasteiger partial charge in [-0.3, -0.25) is 0 Å². The molecule has 0 aliphatic rings. The van der Waals surface area contributed by atoms with Crippen molar-refractivity contribution in [3.63, 3.8) is 0 Å². The molecule has 0 aliphatic carbocycles. The monoisotopic (exact) mass is 323 g/mol. The molecule has 2 nitrogen and oxygen atoms in total. The van der Waals surface area contributed by atoms with E-state index in [1.54, 1.807) is 11.3 Å². The van der Waals surface area contributed by atoms with E-state index in [-0.39, 0.29) is 0 Å². The van der Waals surface area contributed by atoms with Crippen LogP contribution in [0.4, 0.5) is 0 Å². The Kier molecular flexibility index (Phi) is 5.68. The van der Waals surface area contributed by atoms with Gasteiger partial charge in [0, 0.05) is 21.3 Å². The van der Waals surface area contributed by atoms with Gasteiger partial charge in [-0.2, -0.15) is 0 Å². The number of hydrogen-bond donors (Lipinski definition) is 1. The van der Waals surface area contributed by atoms with Gasteiger partial charge in [0.1, 0.15) is 12.4 Å². The minimum absolute atomic E-state index is 0.393. The van der Waals surface area contributed by atoms with Crippen molar-refractivity contribution < 1.29 is 4.74 Å². The van der Waals surface area contributed by atoms with Gasteiger partial charge in [-0.05, 0) is 55.3 Å². The minimum atomic E-state index is 0.393. The third kappa shape index (κ3) is 4.22. The molecule has 0 saturated heterocycles. The molecule has 0 aliphatic heterocycles. The maximum Gasteiger partial charge on any atom is 0.123 e. The normalized spacial score (nSPS) is 11.1. The summed E-state index contributed by atoms with van der Waals surface area (Å²) in [5, 5.41) is 3.98. The molecule has 0 bridgehead atoms. The van der Waals surface area contributed by atoms with Crippen molar-refractivity contribution in [2.45, 2.75) is 39.8 Å². The molecule has 0 spiro atoms. The van der Waals surface area contributed by atoms with Crippen LogP contribution in [0.15, 0.2) is 24.3 Å². The molecule has 0 fully saturated rings. The Labute approximate surface area is 136 Å². The molecule has 2 rings (SSSR count). The molecular formula is C17H22ClNOS. The van der Waals surface area contributed by atoms with E-state index in [0.29, 0.717) is 12.5 Å². The fourth-order valence-electron chi connectivity index (χ4n) is 2.18. The van der Waals surface area contributed by atoms with E-state index in [2.05, 4.69) is 37.4 Å². The fraction of sp³-hybridized carbons (Fsp3) is 0.412. The molecule has 21 heavy (non-hydrogen) atoms. The molecule has 114 valence electrons. The van der Waals surface area contributed by atoms with Crippen molar-refractivity contribution in [2.24, 2.45) is 0 Å². The quantitative estimate of drug-likeness (QED) is 0.795. The third-order valence-corrected chi connectivity index (χ3v) is 4.74. The lowest BCUT2D eigenvalue weighted by Gasteiger charge is -2.14. The van der Waals surface area contributed by atoms with E-state index < -0.39 is 0 Å². The second-order valence-electron chi connectivity index (χ2n) is 5.48. The zero-order valence-electron chi connectivity index (χ0n) is 13.0. The Bertz CT molecular complexity index is 607. The first-order chi connectivity index (χ1) is 10.0. The summed E-state index contributed by atoms with van der Waals surface area (Å²) in [6.07, 6.45) is 0. The number of ether oxygens (including phenoxy) is 1. The van der Waals surface area contributed by atoms with Gasteiger partial charge in [-0.15, -0.1) is 11.3 Å². The summed E-state index contributed by atoms with van der Waals surface area (Å²) in [7, 11) is 1.96. The molecule has 1 heterocycles. The highest BCUT2D eigenvalue weighted by atomic mass is 35.5. The van der Waals surface area contributed by atoms with Crippen molar-refractivity contribution in [1.29, 1.82) is 0 Å². The van der Waals surface area contributed by atoms with E-state index in [1.807, 2.05) is 20.0 Å². The lowest BCUT2D eigenvalue weighted by atomic mass is 10.0. The Morgan fingerprint density at radius 3 is 2.62 bits per heavy atom. The predicted octanol–water partition coefficient (Wildman–Crippen LogP) is 5.13. The van der Waals surface area contributed by atoms with Gasteiger partial charge in [0.15, 0.2) is 0 Å². The number of halogens is 1. The van der Waals surface area contributed by atoms with E-state index in [1.165, 1.54) is 9.75 Å². The average Bonchev–Trinajstić information content (AvgIpc) is 2.85. The van der Waals surface area contributed by atoms with Crippen molar-refractivity contribution in [2.75, 3.05) is 7.05 Å². The zero-order valence-corrected chi connectivity index (χ0v) is 14.6. The van der Waals surface area contributed by atoms with Crippen LogP contribution in [0.2, 0.25) is 5.02 Å². The first-order valence-electron chi connectivity index (χ1n) is 7.16. The van der Waals surface area contributed by atoms with Crippen LogP contribution in [0.25, 0.3) is 0 Å². The standard InChI is InChI=1S/C17H22ClNOS/c1-11(2)15-8-17(12(3)7-16(15)18)20-10-14-6-5-13(21-14)9-19-4/h5-8,11,19H,9-10H2,1-4H3. The van der Waals surface area contributed by atoms with Gasteiger partial charge in [-0.25, -0.2) is 0 Å². The Balaban J connectivity index is 2.10. The molecule has 1 N–H and O–H groups in total. The molecule has 0 unspecified atom stereocenters. The molecule has 0 atom stereocenters. The Morgan fingerprint density at radius 2 is 1.95 bits per heavy atom. The van der Waals surface area contributed by atoms with Crippen molar-refractivity contribution in [1.82, 2.24) is 5.32 Å². The van der Waals surface area contributed by atoms with Crippen LogP contribution >= 0.6 is 22.9 Å². The van der Waals surface area contributed by atoms with Crippen LogP contribution in [-0.4, -0.2) is 7.05 Å². The molecule has 4 heteroatoms. The summed E-state index contributed by atoms with van der Waals surface area (Å²) in [6, 6.07) is 8.34. The lowest BCUT2D eigenvalue weighted by molar-refractivity contribution is 0.307. The van der Waals surface area contributed by atoms with E-state index in [9.17, 15) is 0 Å². The SMILES string of the molecule is CNCc1ccc(COc2cc(C(C)C)c(Cl)cc2C)s1. The molecule has 1 aromatic carbocycles. The van der Waals surface area contributed by atoms with Crippen LogP contribution < -0.4 is 10.1 Å². The Hall–Kier alpha value is -1.03. The lowest BCUT2D eigenvalue weighted by Crippen LogP contribution is -2.02. The van der Waals surface area contributed by atoms with Crippen molar-refractivity contribution in [3.8, 4) is 5.75 Å². The molecule has 2 aromatic rings. The third-order valence-electron chi connectivity index (χ3n) is 3.35. The second kappa shape index (κ2) is 7.30. The highest BCUT2D eigenvalue weighted by molar-refractivity contribution is 7.11. The first-order valence-corrected chi connectivity index (χ1v) is 8.35. The number of nitrogens with one attached hydrogen (secondary N) is 1. The summed E-state index contributed by atoms with van der Waals surface area (Å²) >= 11 is 8.07. The smallest absolute Gasteiger partial charge is 0.123 e. The number of benzene rings is 1. The zero-order chi connectivity index (χ0) is 15.4. The average molecular weight is 324 g/mol. The number of rotatable bonds is 6. The maximum absolute atomic E-state index is 6.29. The number of aryl methyl sites for hydroxylation is 1. The van der Waals surface area contributed by atoms with Crippen LogP contribution in [0.1, 0.15) is 40.6 Å². The summed E-state index contributed by atoms with van der Waals surface area (Å²) in [5.41, 5.74) is 2.22. The largest absolute Gasteiger partial charge is 0.488 e. The van der Waals surface area contributed by atoms with Crippen LogP contribution in [-0.2, 0) is 13.2 Å². The summed E-state index contributed by atoms with van der Waals surface area (Å²) in [4.78, 5) is 2.56. The topological polar surface area (TPSA) is 21.3 Å². The molecule has 0 radical (unpaired) electrons. The van der Waals surface area contributed by atoms with Crippen LogP contribution in [0.3, 0.4) is 0 Å². The predicted molar refractivity (Wildman–Crippen MR) is 91.7 cm³/mol. The van der Waals surface area contributed by atoms with Crippen molar-refractivity contribution >= 4 is 22.9 Å².